The second-order valence-electron chi connectivity index (χ2n) is 6.57. The van der Waals surface area contributed by atoms with Gasteiger partial charge in [0.25, 0.3) is 0 Å². The third-order valence-electron chi connectivity index (χ3n) is 4.57. The lowest BCUT2D eigenvalue weighted by Gasteiger charge is -2.35. The van der Waals surface area contributed by atoms with Gasteiger partial charge in [0, 0.05) is 39.7 Å². The molecular weight excluding hydrogens is 306 g/mol. The molecule has 0 aliphatic carbocycles. The first-order valence-electron chi connectivity index (χ1n) is 8.68. The van der Waals surface area contributed by atoms with Crippen molar-refractivity contribution in [2.45, 2.75) is 44.6 Å². The lowest BCUT2D eigenvalue weighted by atomic mass is 9.94. The molecule has 0 saturated carbocycles. The quantitative estimate of drug-likeness (QED) is 0.794. The zero-order chi connectivity index (χ0) is 17.4. The number of hydrogen-bond donors (Lipinski definition) is 1. The number of para-hydroxylation sites is 1. The van der Waals surface area contributed by atoms with Gasteiger partial charge >= 0.3 is 0 Å². The number of methoxy groups -OCH3 is 1. The monoisotopic (exact) mass is 335 g/mol. The van der Waals surface area contributed by atoms with E-state index in [9.17, 15) is 4.79 Å². The number of amides is 1. The fourth-order valence-electron chi connectivity index (χ4n) is 2.89. The van der Waals surface area contributed by atoms with Gasteiger partial charge in [0.05, 0.1) is 18.6 Å². The highest BCUT2D eigenvalue weighted by atomic mass is 16.5. The number of carbonyl (C=O) groups is 1. The summed E-state index contributed by atoms with van der Waals surface area (Å²) >= 11 is 0. The van der Waals surface area contributed by atoms with Crippen LogP contribution in [0.4, 0.5) is 0 Å². The summed E-state index contributed by atoms with van der Waals surface area (Å²) in [5.41, 5.74) is 0.873. The molecule has 0 spiro atoms. The van der Waals surface area contributed by atoms with Crippen molar-refractivity contribution < 1.29 is 19.0 Å². The van der Waals surface area contributed by atoms with E-state index in [1.165, 1.54) is 5.56 Å². The van der Waals surface area contributed by atoms with E-state index in [4.69, 9.17) is 14.2 Å². The van der Waals surface area contributed by atoms with Crippen LogP contribution >= 0.6 is 0 Å². The largest absolute Gasteiger partial charge is 0.493 e. The molecule has 134 valence electrons. The van der Waals surface area contributed by atoms with Crippen LogP contribution in [0.2, 0.25) is 0 Å². The van der Waals surface area contributed by atoms with E-state index in [2.05, 4.69) is 25.2 Å². The van der Waals surface area contributed by atoms with Crippen molar-refractivity contribution >= 4 is 5.91 Å². The van der Waals surface area contributed by atoms with Crippen molar-refractivity contribution in [1.29, 1.82) is 0 Å². The molecule has 1 fully saturated rings. The number of nitrogens with one attached hydrogen (secondary N) is 1. The van der Waals surface area contributed by atoms with Crippen LogP contribution in [0.25, 0.3) is 0 Å². The number of benzene rings is 1. The lowest BCUT2D eigenvalue weighted by molar-refractivity contribution is -0.126. The van der Waals surface area contributed by atoms with Gasteiger partial charge in [-0.25, -0.2) is 0 Å². The molecule has 0 radical (unpaired) electrons. The first-order chi connectivity index (χ1) is 11.6. The van der Waals surface area contributed by atoms with Gasteiger partial charge < -0.3 is 19.5 Å². The van der Waals surface area contributed by atoms with Crippen LogP contribution in [0.3, 0.4) is 0 Å². The van der Waals surface area contributed by atoms with Crippen molar-refractivity contribution in [3.05, 3.63) is 29.8 Å². The SMILES string of the molecule is COC1(CNC(=O)CCOc2ccccc2C(C)C)CCOCC1. The first kappa shape index (κ1) is 18.7. The molecule has 0 aromatic heterocycles. The van der Waals surface area contributed by atoms with E-state index in [1.54, 1.807) is 7.11 Å². The smallest absolute Gasteiger partial charge is 0.223 e. The molecule has 1 N–H and O–H groups in total. The number of carbonyl (C=O) groups excluding carboxylic acids is 1. The minimum Gasteiger partial charge on any atom is -0.493 e. The Morgan fingerprint density at radius 3 is 2.67 bits per heavy atom. The fourth-order valence-corrected chi connectivity index (χ4v) is 2.89. The van der Waals surface area contributed by atoms with Crippen LogP contribution in [-0.4, -0.2) is 45.0 Å². The van der Waals surface area contributed by atoms with Gasteiger partial charge in [-0.1, -0.05) is 32.0 Å². The van der Waals surface area contributed by atoms with Gasteiger partial charge in [0.1, 0.15) is 5.75 Å². The average molecular weight is 335 g/mol. The number of rotatable bonds is 8. The van der Waals surface area contributed by atoms with E-state index < -0.39 is 0 Å². The predicted molar refractivity (Wildman–Crippen MR) is 93.4 cm³/mol. The van der Waals surface area contributed by atoms with Gasteiger partial charge in [0.15, 0.2) is 0 Å². The van der Waals surface area contributed by atoms with Crippen LogP contribution in [0.15, 0.2) is 24.3 Å². The van der Waals surface area contributed by atoms with Crippen molar-refractivity contribution in [1.82, 2.24) is 5.32 Å². The standard InChI is InChI=1S/C19H29NO4/c1-15(2)16-6-4-5-7-17(16)24-11-8-18(21)20-14-19(22-3)9-12-23-13-10-19/h4-7,15H,8-14H2,1-3H3,(H,20,21). The van der Waals surface area contributed by atoms with E-state index >= 15 is 0 Å². The minimum atomic E-state index is -0.293. The second-order valence-corrected chi connectivity index (χ2v) is 6.57. The topological polar surface area (TPSA) is 56.8 Å². The van der Waals surface area contributed by atoms with Crippen LogP contribution in [0.1, 0.15) is 44.6 Å². The Morgan fingerprint density at radius 1 is 1.29 bits per heavy atom. The van der Waals surface area contributed by atoms with Gasteiger partial charge in [-0.3, -0.25) is 4.79 Å². The molecular formula is C19H29NO4. The maximum atomic E-state index is 12.1. The molecule has 0 unspecified atom stereocenters. The Bertz CT molecular complexity index is 524. The Labute approximate surface area is 144 Å². The highest BCUT2D eigenvalue weighted by molar-refractivity contribution is 5.76. The van der Waals surface area contributed by atoms with Crippen LogP contribution in [0.5, 0.6) is 5.75 Å². The van der Waals surface area contributed by atoms with Crippen LogP contribution < -0.4 is 10.1 Å². The lowest BCUT2D eigenvalue weighted by Crippen LogP contribution is -2.48. The zero-order valence-corrected chi connectivity index (χ0v) is 15.0. The van der Waals surface area contributed by atoms with E-state index in [-0.39, 0.29) is 11.5 Å². The molecule has 1 aliphatic heterocycles. The minimum absolute atomic E-state index is 0.0139. The highest BCUT2D eigenvalue weighted by Crippen LogP contribution is 2.26. The fraction of sp³-hybridized carbons (Fsp3) is 0.632. The van der Waals surface area contributed by atoms with Crippen molar-refractivity contribution in [3.63, 3.8) is 0 Å². The molecule has 5 nitrogen and oxygen atoms in total. The van der Waals surface area contributed by atoms with Gasteiger partial charge in [0.2, 0.25) is 5.91 Å². The Hall–Kier alpha value is -1.59. The zero-order valence-electron chi connectivity index (χ0n) is 15.0. The summed E-state index contributed by atoms with van der Waals surface area (Å²) in [6, 6.07) is 7.98. The molecule has 0 atom stereocenters. The maximum Gasteiger partial charge on any atom is 0.223 e. The summed E-state index contributed by atoms with van der Waals surface area (Å²) < 4.78 is 16.8. The van der Waals surface area contributed by atoms with Crippen molar-refractivity contribution in [3.8, 4) is 5.75 Å². The maximum absolute atomic E-state index is 12.1. The Balaban J connectivity index is 1.75. The third-order valence-corrected chi connectivity index (χ3v) is 4.57. The molecule has 5 heteroatoms. The molecule has 24 heavy (non-hydrogen) atoms. The van der Waals surface area contributed by atoms with Gasteiger partial charge in [-0.2, -0.15) is 0 Å². The van der Waals surface area contributed by atoms with Gasteiger partial charge in [-0.15, -0.1) is 0 Å². The van der Waals surface area contributed by atoms with E-state index in [0.717, 1.165) is 18.6 Å². The Kier molecular flexibility index (Phi) is 7.06. The highest BCUT2D eigenvalue weighted by Gasteiger charge is 2.32. The van der Waals surface area contributed by atoms with Crippen molar-refractivity contribution in [2.24, 2.45) is 0 Å². The van der Waals surface area contributed by atoms with E-state index in [0.29, 0.717) is 38.7 Å². The molecule has 2 rings (SSSR count). The summed E-state index contributed by atoms with van der Waals surface area (Å²) in [7, 11) is 1.70. The summed E-state index contributed by atoms with van der Waals surface area (Å²) in [6.07, 6.45) is 1.95. The first-order valence-corrected chi connectivity index (χ1v) is 8.68. The molecule has 1 aromatic carbocycles. The summed E-state index contributed by atoms with van der Waals surface area (Å²) in [5, 5.41) is 2.97. The number of ether oxygens (including phenoxy) is 3. The Morgan fingerprint density at radius 2 is 2.00 bits per heavy atom. The van der Waals surface area contributed by atoms with Crippen LogP contribution in [0, 0.1) is 0 Å². The molecule has 0 bridgehead atoms. The van der Waals surface area contributed by atoms with Crippen LogP contribution in [-0.2, 0) is 14.3 Å². The summed E-state index contributed by atoms with van der Waals surface area (Å²) in [4.78, 5) is 12.1. The number of hydrogen-bond acceptors (Lipinski definition) is 4. The predicted octanol–water partition coefficient (Wildman–Crippen LogP) is 2.89. The molecule has 1 heterocycles. The summed E-state index contributed by atoms with van der Waals surface area (Å²) in [5.74, 6) is 1.24. The average Bonchev–Trinajstić information content (AvgIpc) is 2.61. The molecule has 1 aromatic rings. The second kappa shape index (κ2) is 9.04. The van der Waals surface area contributed by atoms with Crippen molar-refractivity contribution in [2.75, 3.05) is 33.5 Å². The molecule has 1 aliphatic rings. The normalized spacial score (nSPS) is 16.8. The van der Waals surface area contributed by atoms with Gasteiger partial charge in [-0.05, 0) is 17.5 Å². The molecule has 1 amide bonds. The van der Waals surface area contributed by atoms with E-state index in [1.807, 2.05) is 18.2 Å². The third kappa shape index (κ3) is 5.21. The summed E-state index contributed by atoms with van der Waals surface area (Å²) in [6.45, 7) is 6.52. The molecule has 1 saturated heterocycles.